The lowest BCUT2D eigenvalue weighted by Crippen LogP contribution is -2.51. The number of ether oxygens (including phenoxy) is 7. The molecule has 2 heterocycles. The molecule has 1 aliphatic rings. The summed E-state index contributed by atoms with van der Waals surface area (Å²) in [5.74, 6) is -1.22. The third kappa shape index (κ3) is 8.82. The monoisotopic (exact) mass is 560 g/mol. The molecular weight excluding hydrogens is 524 g/mol. The largest absolute Gasteiger partial charge is 0.493 e. The van der Waals surface area contributed by atoms with Crippen LogP contribution >= 0.6 is 0 Å². The lowest BCUT2D eigenvalue weighted by Gasteiger charge is -2.33. The van der Waals surface area contributed by atoms with Crippen LogP contribution in [-0.2, 0) is 28.5 Å². The van der Waals surface area contributed by atoms with Gasteiger partial charge in [0.1, 0.15) is 24.0 Å². The molecule has 1 amide bonds. The van der Waals surface area contributed by atoms with E-state index in [0.29, 0.717) is 12.4 Å². The Balaban J connectivity index is 1.78. The van der Waals surface area contributed by atoms with E-state index in [4.69, 9.17) is 33.2 Å². The first-order chi connectivity index (χ1) is 19.3. The van der Waals surface area contributed by atoms with E-state index >= 15 is 0 Å². The van der Waals surface area contributed by atoms with E-state index in [1.54, 1.807) is 19.1 Å². The van der Waals surface area contributed by atoms with Crippen molar-refractivity contribution in [1.82, 2.24) is 10.3 Å². The highest BCUT2D eigenvalue weighted by Gasteiger charge is 2.36. The van der Waals surface area contributed by atoms with Gasteiger partial charge in [0.25, 0.3) is 5.91 Å². The van der Waals surface area contributed by atoms with Crippen LogP contribution in [-0.4, -0.2) is 80.9 Å². The van der Waals surface area contributed by atoms with E-state index < -0.39 is 49.0 Å². The van der Waals surface area contributed by atoms with Crippen molar-refractivity contribution in [1.29, 1.82) is 0 Å². The molecule has 0 saturated carbocycles. The maximum atomic E-state index is 13.3. The molecule has 1 aromatic heterocycles. The number of hydrogen-bond acceptors (Lipinski definition) is 11. The second kappa shape index (κ2) is 15.6. The summed E-state index contributed by atoms with van der Waals surface area (Å²) in [4.78, 5) is 41.7. The first-order valence-electron chi connectivity index (χ1n) is 13.1. The highest BCUT2D eigenvalue weighted by atomic mass is 16.7. The summed E-state index contributed by atoms with van der Waals surface area (Å²) in [6.07, 6.45) is 0.372. The molecule has 12 nitrogen and oxygen atoms in total. The van der Waals surface area contributed by atoms with Crippen LogP contribution in [0.1, 0.15) is 44.1 Å². The van der Waals surface area contributed by atoms with Crippen LogP contribution in [0.4, 0.5) is 0 Å². The molecule has 3 rings (SSSR count). The van der Waals surface area contributed by atoms with Crippen LogP contribution in [0.25, 0.3) is 0 Å². The van der Waals surface area contributed by atoms with Crippen LogP contribution in [0.3, 0.4) is 0 Å². The normalized spacial score (nSPS) is 21.4. The maximum absolute atomic E-state index is 13.3. The Hall–Kier alpha value is -3.90. The van der Waals surface area contributed by atoms with Gasteiger partial charge in [0.2, 0.25) is 6.79 Å². The maximum Gasteiger partial charge on any atom is 0.329 e. The van der Waals surface area contributed by atoms with Crippen molar-refractivity contribution in [3.63, 3.8) is 0 Å². The molecule has 0 radical (unpaired) electrons. The number of cyclic esters (lactones) is 1. The van der Waals surface area contributed by atoms with Gasteiger partial charge < -0.3 is 38.5 Å². The minimum absolute atomic E-state index is 0.0474. The summed E-state index contributed by atoms with van der Waals surface area (Å²) < 4.78 is 39.4. The van der Waals surface area contributed by atoms with Gasteiger partial charge >= 0.3 is 11.9 Å². The summed E-state index contributed by atoms with van der Waals surface area (Å²) in [7, 11) is 1.39. The molecule has 1 fully saturated rings. The van der Waals surface area contributed by atoms with Crippen molar-refractivity contribution >= 4 is 17.8 Å². The number of methoxy groups -OCH3 is 1. The molecular formula is C28H36N2O10. The zero-order valence-corrected chi connectivity index (χ0v) is 23.1. The van der Waals surface area contributed by atoms with Crippen molar-refractivity contribution in [2.45, 2.75) is 58.0 Å². The number of amides is 1. The van der Waals surface area contributed by atoms with Crippen molar-refractivity contribution in [3.05, 3.63) is 48.3 Å². The Labute approximate surface area is 233 Å². The number of aromatic nitrogens is 1. The van der Waals surface area contributed by atoms with Gasteiger partial charge in [-0.15, -0.1) is 0 Å². The van der Waals surface area contributed by atoms with Crippen molar-refractivity contribution < 1.29 is 47.5 Å². The summed E-state index contributed by atoms with van der Waals surface area (Å²) in [6, 6.07) is 9.58. The summed E-state index contributed by atoms with van der Waals surface area (Å²) >= 11 is 0. The SMILES string of the molecule is CCCO[C@H]1COCC[C@H](NC(=O)c2nccc(OC)c2OCOC(C)=O)C(=O)O[C@@H](C)[C@@H]1Oc1ccccc1. The van der Waals surface area contributed by atoms with Gasteiger partial charge in [0.15, 0.2) is 23.3 Å². The highest BCUT2D eigenvalue weighted by Crippen LogP contribution is 2.30. The van der Waals surface area contributed by atoms with E-state index in [2.05, 4.69) is 10.3 Å². The van der Waals surface area contributed by atoms with Gasteiger partial charge in [-0.1, -0.05) is 25.1 Å². The van der Waals surface area contributed by atoms with Gasteiger partial charge in [-0.25, -0.2) is 9.78 Å². The zero-order chi connectivity index (χ0) is 28.9. The predicted molar refractivity (Wildman–Crippen MR) is 141 cm³/mol. The van der Waals surface area contributed by atoms with Gasteiger partial charge in [-0.05, 0) is 25.5 Å². The predicted octanol–water partition coefficient (Wildman–Crippen LogP) is 2.68. The average Bonchev–Trinajstić information content (AvgIpc) is 2.94. The molecule has 40 heavy (non-hydrogen) atoms. The van der Waals surface area contributed by atoms with Gasteiger partial charge in [0, 0.05) is 38.8 Å². The van der Waals surface area contributed by atoms with E-state index in [0.717, 1.165) is 6.42 Å². The molecule has 4 atom stereocenters. The quantitative estimate of drug-likeness (QED) is 0.320. The number of hydrogen-bond donors (Lipinski definition) is 1. The minimum atomic E-state index is -1.06. The average molecular weight is 561 g/mol. The molecule has 1 aliphatic heterocycles. The van der Waals surface area contributed by atoms with Gasteiger partial charge in [-0.2, -0.15) is 0 Å². The first kappa shape index (κ1) is 30.6. The van der Waals surface area contributed by atoms with Crippen LogP contribution in [0.5, 0.6) is 17.2 Å². The third-order valence-corrected chi connectivity index (χ3v) is 5.87. The number of nitrogens with zero attached hydrogens (tertiary/aromatic N) is 1. The number of rotatable bonds is 11. The smallest absolute Gasteiger partial charge is 0.329 e. The number of benzene rings is 1. The Bertz CT molecular complexity index is 1110. The van der Waals surface area contributed by atoms with Crippen molar-refractivity contribution in [2.75, 3.05) is 33.7 Å². The highest BCUT2D eigenvalue weighted by molar-refractivity contribution is 5.98. The van der Waals surface area contributed by atoms with Crippen LogP contribution in [0.2, 0.25) is 0 Å². The van der Waals surface area contributed by atoms with E-state index in [1.807, 2.05) is 25.1 Å². The second-order valence-electron chi connectivity index (χ2n) is 8.93. The fraction of sp³-hybridized carbons (Fsp3) is 0.500. The number of pyridine rings is 1. The van der Waals surface area contributed by atoms with E-state index in [9.17, 15) is 14.4 Å². The number of carbonyl (C=O) groups is 3. The van der Waals surface area contributed by atoms with Crippen LogP contribution in [0, 0.1) is 0 Å². The topological polar surface area (TPSA) is 141 Å². The molecule has 0 bridgehead atoms. The molecule has 2 aromatic rings. The minimum Gasteiger partial charge on any atom is -0.493 e. The van der Waals surface area contributed by atoms with Crippen molar-refractivity contribution in [2.24, 2.45) is 0 Å². The lowest BCUT2D eigenvalue weighted by molar-refractivity contribution is -0.167. The summed E-state index contributed by atoms with van der Waals surface area (Å²) in [5, 5.41) is 2.65. The molecule has 12 heteroatoms. The Morgan fingerprint density at radius 1 is 1.18 bits per heavy atom. The number of nitrogens with one attached hydrogen (secondary N) is 1. The molecule has 0 spiro atoms. The lowest BCUT2D eigenvalue weighted by atomic mass is 10.1. The number of carbonyl (C=O) groups excluding carboxylic acids is 3. The molecule has 1 N–H and O–H groups in total. The number of esters is 2. The molecule has 0 aliphatic carbocycles. The standard InChI is InChI=1S/C28H36N2O10/c1-5-14-36-23-16-35-15-12-21(28(33)39-18(2)25(23)40-20-9-7-6-8-10-20)30-27(32)24-26(38-17-37-19(3)31)22(34-4)11-13-29-24/h6-11,13,18,21,23,25H,5,12,14-17H2,1-4H3,(H,30,32)/t18-,21-,23-,25-/m0/s1. The molecule has 218 valence electrons. The van der Waals surface area contributed by atoms with Crippen molar-refractivity contribution in [3.8, 4) is 17.2 Å². The van der Waals surface area contributed by atoms with Gasteiger partial charge in [-0.3, -0.25) is 9.59 Å². The van der Waals surface area contributed by atoms with E-state index in [1.165, 1.54) is 26.3 Å². The Morgan fingerprint density at radius 3 is 2.65 bits per heavy atom. The van der Waals surface area contributed by atoms with Gasteiger partial charge in [0.05, 0.1) is 13.7 Å². The third-order valence-electron chi connectivity index (χ3n) is 5.87. The fourth-order valence-corrected chi connectivity index (χ4v) is 3.91. The fourth-order valence-electron chi connectivity index (χ4n) is 3.91. The molecule has 0 unspecified atom stereocenters. The number of para-hydroxylation sites is 1. The Kier molecular flexibility index (Phi) is 12.0. The Morgan fingerprint density at radius 2 is 1.95 bits per heavy atom. The summed E-state index contributed by atoms with van der Waals surface area (Å²) in [5.41, 5.74) is -0.163. The summed E-state index contributed by atoms with van der Waals surface area (Å²) in [6.45, 7) is 5.29. The van der Waals surface area contributed by atoms with Crippen LogP contribution < -0.4 is 19.5 Å². The zero-order valence-electron chi connectivity index (χ0n) is 23.1. The van der Waals surface area contributed by atoms with E-state index in [-0.39, 0.29) is 36.8 Å². The molecule has 1 aromatic carbocycles. The first-order valence-corrected chi connectivity index (χ1v) is 13.1. The molecule has 1 saturated heterocycles. The second-order valence-corrected chi connectivity index (χ2v) is 8.93. The van der Waals surface area contributed by atoms with Crippen LogP contribution in [0.15, 0.2) is 42.6 Å².